The number of likely N-dealkylation sites (N-methyl/N-ethyl adjacent to an activating group) is 1. The van der Waals surface area contributed by atoms with Gasteiger partial charge in [0, 0.05) is 62.8 Å². The number of aromatic nitrogens is 1. The van der Waals surface area contributed by atoms with Gasteiger partial charge in [-0.3, -0.25) is 14.6 Å². The van der Waals surface area contributed by atoms with Gasteiger partial charge in [0.1, 0.15) is 0 Å². The van der Waals surface area contributed by atoms with E-state index in [0.29, 0.717) is 19.4 Å². The first-order valence-electron chi connectivity index (χ1n) is 16.1. The largest absolute Gasteiger partial charge is 0.481 e. The number of aliphatic carboxylic acids is 1. The lowest BCUT2D eigenvalue weighted by molar-refractivity contribution is -0.252. The predicted octanol–water partition coefficient (Wildman–Crippen LogP) is 5.83. The van der Waals surface area contributed by atoms with Crippen LogP contribution in [0.2, 0.25) is 0 Å². The summed E-state index contributed by atoms with van der Waals surface area (Å²) in [6.07, 6.45) is 3.05. The number of nitrogens with one attached hydrogen (secondary N) is 1. The number of hydrogen-bond donors (Lipinski definition) is 3. The normalized spacial score (nSPS) is 17.8. The van der Waals surface area contributed by atoms with Crippen LogP contribution in [0.25, 0.3) is 11.1 Å². The van der Waals surface area contributed by atoms with Crippen molar-refractivity contribution in [2.24, 2.45) is 0 Å². The maximum Gasteiger partial charge on any atom is 0.303 e. The number of pyridine rings is 1. The Kier molecular flexibility index (Phi) is 12.2. The molecule has 9 heteroatoms. The van der Waals surface area contributed by atoms with Gasteiger partial charge in [0.2, 0.25) is 5.91 Å². The molecule has 0 radical (unpaired) electrons. The second-order valence-electron chi connectivity index (χ2n) is 12.0. The first-order chi connectivity index (χ1) is 22.9. The van der Waals surface area contributed by atoms with Crippen LogP contribution < -0.4 is 5.32 Å². The fourth-order valence-electron chi connectivity index (χ4n) is 5.78. The Labute approximate surface area is 276 Å². The molecule has 246 valence electrons. The second kappa shape index (κ2) is 16.9. The Morgan fingerprint density at radius 2 is 1.66 bits per heavy atom. The summed E-state index contributed by atoms with van der Waals surface area (Å²) in [5.74, 6) is -1.07. The van der Waals surface area contributed by atoms with Crippen LogP contribution >= 0.6 is 0 Å². The quantitative estimate of drug-likeness (QED) is 0.149. The molecule has 0 unspecified atom stereocenters. The Balaban J connectivity index is 1.27. The smallest absolute Gasteiger partial charge is 0.303 e. The van der Waals surface area contributed by atoms with Gasteiger partial charge in [0.15, 0.2) is 6.29 Å². The Hall–Kier alpha value is -4.41. The van der Waals surface area contributed by atoms with Crippen molar-refractivity contribution in [3.05, 3.63) is 125 Å². The predicted molar refractivity (Wildman–Crippen MR) is 179 cm³/mol. The number of carbonyl (C=O) groups is 2. The molecule has 5 rings (SSSR count). The van der Waals surface area contributed by atoms with E-state index in [1.54, 1.807) is 0 Å². The number of carboxylic acids is 1. The van der Waals surface area contributed by atoms with E-state index < -0.39 is 12.3 Å². The highest BCUT2D eigenvalue weighted by Crippen LogP contribution is 2.38. The average molecular weight is 638 g/mol. The standard InChI is InChI=1S/C38H43N3O6/c1-41(22-20-32-8-4-5-21-39-32)25-33-23-35(29-14-12-27(26-42)13-15-29)47-38(46-33)30-18-16-28(17-19-30)34-9-3-2-7-31(34)24-40-36(43)10-6-11-37(44)45/h2-5,7-9,12-19,21,33,35,38,42H,6,10-11,20,22-26H2,1H3,(H,40,43)(H,44,45)/t33-,35+,38+/m0/s1. The molecule has 0 spiro atoms. The SMILES string of the molecule is CN(CCc1ccccn1)C[C@@H]1C[C@H](c2ccc(CO)cc2)O[C@H](c2ccc(-c3ccccc3CNC(=O)CCCC(=O)O)cc2)O1. The van der Waals surface area contributed by atoms with E-state index in [9.17, 15) is 14.7 Å². The number of benzene rings is 3. The molecule has 3 atom stereocenters. The van der Waals surface area contributed by atoms with E-state index in [4.69, 9.17) is 14.6 Å². The summed E-state index contributed by atoms with van der Waals surface area (Å²) in [6, 6.07) is 29.9. The van der Waals surface area contributed by atoms with Crippen molar-refractivity contribution in [3.63, 3.8) is 0 Å². The molecule has 1 aliphatic heterocycles. The number of carboxylic acid groups (broad SMARTS) is 1. The van der Waals surface area contributed by atoms with E-state index >= 15 is 0 Å². The molecule has 1 saturated heterocycles. The van der Waals surface area contributed by atoms with Crippen LogP contribution in [-0.2, 0) is 38.6 Å². The van der Waals surface area contributed by atoms with Crippen LogP contribution in [0.5, 0.6) is 0 Å². The van der Waals surface area contributed by atoms with Gasteiger partial charge in [0.25, 0.3) is 0 Å². The van der Waals surface area contributed by atoms with Gasteiger partial charge >= 0.3 is 5.97 Å². The number of rotatable bonds is 15. The van der Waals surface area contributed by atoms with Crippen LogP contribution in [0.15, 0.2) is 97.2 Å². The fourth-order valence-corrected chi connectivity index (χ4v) is 5.78. The van der Waals surface area contributed by atoms with E-state index in [1.165, 1.54) is 0 Å². The number of aliphatic hydroxyl groups is 1. The van der Waals surface area contributed by atoms with Crippen molar-refractivity contribution < 1.29 is 29.3 Å². The zero-order valence-electron chi connectivity index (χ0n) is 26.8. The molecule has 2 heterocycles. The van der Waals surface area contributed by atoms with Gasteiger partial charge in [-0.25, -0.2) is 0 Å². The van der Waals surface area contributed by atoms with E-state index in [-0.39, 0.29) is 37.6 Å². The molecular weight excluding hydrogens is 594 g/mol. The first kappa shape index (κ1) is 33.9. The minimum atomic E-state index is -0.901. The van der Waals surface area contributed by atoms with Crippen LogP contribution in [0.4, 0.5) is 0 Å². The molecule has 9 nitrogen and oxygen atoms in total. The third-order valence-electron chi connectivity index (χ3n) is 8.39. The Bertz CT molecular complexity index is 1580. The molecular formula is C38H43N3O6. The maximum atomic E-state index is 12.3. The van der Waals surface area contributed by atoms with Gasteiger partial charge in [-0.1, -0.05) is 78.9 Å². The maximum absolute atomic E-state index is 12.3. The zero-order valence-corrected chi connectivity index (χ0v) is 26.8. The highest BCUT2D eigenvalue weighted by Gasteiger charge is 2.32. The Morgan fingerprint density at radius 1 is 0.915 bits per heavy atom. The summed E-state index contributed by atoms with van der Waals surface area (Å²) in [7, 11) is 2.10. The molecule has 47 heavy (non-hydrogen) atoms. The van der Waals surface area contributed by atoms with Gasteiger partial charge in [-0.05, 0) is 53.4 Å². The first-order valence-corrected chi connectivity index (χ1v) is 16.1. The van der Waals surface area contributed by atoms with Gasteiger partial charge < -0.3 is 29.9 Å². The van der Waals surface area contributed by atoms with Crippen molar-refractivity contribution >= 4 is 11.9 Å². The van der Waals surface area contributed by atoms with E-state index in [0.717, 1.165) is 58.6 Å². The topological polar surface area (TPSA) is 121 Å². The fraction of sp³-hybridized carbons (Fsp3) is 0.342. The zero-order chi connectivity index (χ0) is 33.0. The van der Waals surface area contributed by atoms with E-state index in [2.05, 4.69) is 22.2 Å². The summed E-state index contributed by atoms with van der Waals surface area (Å²) in [6.45, 7) is 1.95. The summed E-state index contributed by atoms with van der Waals surface area (Å²) in [5, 5.41) is 21.3. The van der Waals surface area contributed by atoms with Crippen molar-refractivity contribution in [2.45, 2.75) is 63.8 Å². The molecule has 0 aliphatic carbocycles. The van der Waals surface area contributed by atoms with Crippen molar-refractivity contribution in [1.82, 2.24) is 15.2 Å². The summed E-state index contributed by atoms with van der Waals surface area (Å²) >= 11 is 0. The summed E-state index contributed by atoms with van der Waals surface area (Å²) in [5.41, 5.74) is 6.86. The number of hydrogen-bond acceptors (Lipinski definition) is 7. The molecule has 3 aromatic carbocycles. The highest BCUT2D eigenvalue weighted by molar-refractivity contribution is 5.77. The minimum absolute atomic E-state index is 0.00410. The number of amides is 1. The molecule has 1 fully saturated rings. The lowest BCUT2D eigenvalue weighted by atomic mass is 9.97. The molecule has 0 saturated carbocycles. The number of nitrogens with zero attached hydrogens (tertiary/aromatic N) is 2. The van der Waals surface area contributed by atoms with Gasteiger partial charge in [-0.15, -0.1) is 0 Å². The average Bonchev–Trinajstić information content (AvgIpc) is 3.10. The monoisotopic (exact) mass is 637 g/mol. The van der Waals surface area contributed by atoms with Crippen LogP contribution in [0, 0.1) is 0 Å². The third kappa shape index (κ3) is 10.0. The number of carbonyl (C=O) groups excluding carboxylic acids is 1. The van der Waals surface area contributed by atoms with Crippen molar-refractivity contribution in [3.8, 4) is 11.1 Å². The van der Waals surface area contributed by atoms with Gasteiger partial charge in [0.05, 0.1) is 18.8 Å². The minimum Gasteiger partial charge on any atom is -0.481 e. The number of aliphatic hydroxyl groups excluding tert-OH is 1. The second-order valence-corrected chi connectivity index (χ2v) is 12.0. The molecule has 1 aromatic heterocycles. The lowest BCUT2D eigenvalue weighted by Gasteiger charge is -2.38. The van der Waals surface area contributed by atoms with Crippen molar-refractivity contribution in [1.29, 1.82) is 0 Å². The summed E-state index contributed by atoms with van der Waals surface area (Å²) in [4.78, 5) is 29.8. The van der Waals surface area contributed by atoms with E-state index in [1.807, 2.05) is 97.2 Å². The van der Waals surface area contributed by atoms with Gasteiger partial charge in [-0.2, -0.15) is 0 Å². The lowest BCUT2D eigenvalue weighted by Crippen LogP contribution is -2.38. The Morgan fingerprint density at radius 3 is 2.38 bits per heavy atom. The molecule has 0 bridgehead atoms. The van der Waals surface area contributed by atoms with Crippen molar-refractivity contribution in [2.75, 3.05) is 20.1 Å². The van der Waals surface area contributed by atoms with Crippen LogP contribution in [0.3, 0.4) is 0 Å². The molecule has 3 N–H and O–H groups in total. The molecule has 1 aliphatic rings. The molecule has 4 aromatic rings. The van der Waals surface area contributed by atoms with Crippen LogP contribution in [0.1, 0.15) is 66.0 Å². The number of ether oxygens (including phenoxy) is 2. The van der Waals surface area contributed by atoms with Crippen LogP contribution in [-0.4, -0.2) is 58.2 Å². The third-order valence-corrected chi connectivity index (χ3v) is 8.39. The summed E-state index contributed by atoms with van der Waals surface area (Å²) < 4.78 is 13.1. The highest BCUT2D eigenvalue weighted by atomic mass is 16.7. The molecule has 1 amide bonds.